The molecule has 3 aromatic carbocycles. The Bertz CT molecular complexity index is 1220. The molecule has 0 fully saturated rings. The third kappa shape index (κ3) is 9.85. The van der Waals surface area contributed by atoms with Crippen LogP contribution < -0.4 is 9.47 Å². The molecule has 1 N–H and O–H groups in total. The first-order valence-corrected chi connectivity index (χ1v) is 13.1. The monoisotopic (exact) mass is 512 g/mol. The highest BCUT2D eigenvalue weighted by Crippen LogP contribution is 2.24. The van der Waals surface area contributed by atoms with Crippen molar-refractivity contribution in [3.63, 3.8) is 0 Å². The molecule has 4 nitrogen and oxygen atoms in total. The minimum Gasteiger partial charge on any atom is -0.516 e. The van der Waals surface area contributed by atoms with Crippen LogP contribution in [-0.2, 0) is 11.2 Å². The summed E-state index contributed by atoms with van der Waals surface area (Å²) in [5.41, 5.74) is 3.65. The first-order valence-electron chi connectivity index (χ1n) is 13.1. The summed E-state index contributed by atoms with van der Waals surface area (Å²) in [4.78, 5) is 0. The summed E-state index contributed by atoms with van der Waals surface area (Å²) < 4.78 is 18.1. The fraction of sp³-hybridized carbons (Fsp3) is 0.294. The van der Waals surface area contributed by atoms with E-state index in [0.717, 1.165) is 46.6 Å². The van der Waals surface area contributed by atoms with Crippen LogP contribution in [0.4, 0.5) is 0 Å². The van der Waals surface area contributed by atoms with Crippen molar-refractivity contribution >= 4 is 18.2 Å². The molecular formula is C34H40O4. The van der Waals surface area contributed by atoms with Crippen molar-refractivity contribution < 1.29 is 19.3 Å². The van der Waals surface area contributed by atoms with E-state index in [4.69, 9.17) is 19.3 Å². The Morgan fingerprint density at radius 1 is 0.711 bits per heavy atom. The zero-order valence-corrected chi connectivity index (χ0v) is 23.4. The molecule has 0 radical (unpaired) electrons. The minimum atomic E-state index is -0.371. The van der Waals surface area contributed by atoms with E-state index in [0.29, 0.717) is 6.61 Å². The van der Waals surface area contributed by atoms with Crippen molar-refractivity contribution in [1.82, 2.24) is 0 Å². The van der Waals surface area contributed by atoms with Gasteiger partial charge in [0.1, 0.15) is 28.5 Å². The maximum Gasteiger partial charge on any atom is 0.120 e. The van der Waals surface area contributed by atoms with Crippen LogP contribution in [0.3, 0.4) is 0 Å². The van der Waals surface area contributed by atoms with Gasteiger partial charge in [-0.05, 0) is 106 Å². The van der Waals surface area contributed by atoms with Gasteiger partial charge in [0.15, 0.2) is 0 Å². The van der Waals surface area contributed by atoms with Crippen molar-refractivity contribution in [1.29, 1.82) is 0 Å². The second-order valence-corrected chi connectivity index (χ2v) is 10.8. The normalized spacial score (nSPS) is 12.7. The Morgan fingerprint density at radius 2 is 1.24 bits per heavy atom. The van der Waals surface area contributed by atoms with Crippen molar-refractivity contribution in [2.24, 2.45) is 0 Å². The average molecular weight is 513 g/mol. The molecule has 0 saturated heterocycles. The van der Waals surface area contributed by atoms with Gasteiger partial charge in [0.2, 0.25) is 0 Å². The molecular weight excluding hydrogens is 472 g/mol. The molecule has 4 heteroatoms. The van der Waals surface area contributed by atoms with Gasteiger partial charge in [0.05, 0.1) is 12.9 Å². The quantitative estimate of drug-likeness (QED) is 0.206. The van der Waals surface area contributed by atoms with Gasteiger partial charge in [-0.1, -0.05) is 54.6 Å². The molecule has 0 aromatic heterocycles. The van der Waals surface area contributed by atoms with Crippen LogP contribution in [0.15, 0.2) is 90.9 Å². The average Bonchev–Trinajstić information content (AvgIpc) is 2.85. The summed E-state index contributed by atoms with van der Waals surface area (Å²) in [6.45, 7) is 12.9. The lowest BCUT2D eigenvalue weighted by Crippen LogP contribution is -2.30. The second-order valence-electron chi connectivity index (χ2n) is 10.8. The first kappa shape index (κ1) is 28.6. The van der Waals surface area contributed by atoms with E-state index in [1.165, 1.54) is 5.56 Å². The molecule has 0 bridgehead atoms. The van der Waals surface area contributed by atoms with Crippen LogP contribution in [0, 0.1) is 0 Å². The summed E-state index contributed by atoms with van der Waals surface area (Å²) in [6, 6.07) is 24.2. The summed E-state index contributed by atoms with van der Waals surface area (Å²) in [5, 5.41) is 8.92. The number of rotatable bonds is 11. The molecule has 0 aliphatic heterocycles. The Balaban J connectivity index is 1.63. The van der Waals surface area contributed by atoms with E-state index in [1.807, 2.05) is 107 Å². The van der Waals surface area contributed by atoms with E-state index in [2.05, 4.69) is 26.0 Å². The van der Waals surface area contributed by atoms with Crippen molar-refractivity contribution in [3.05, 3.63) is 113 Å². The Hall–Kier alpha value is -3.92. The Kier molecular flexibility index (Phi) is 9.84. The predicted octanol–water partition coefficient (Wildman–Crippen LogP) is 8.88. The Morgan fingerprint density at radius 3 is 1.79 bits per heavy atom. The molecule has 0 aliphatic carbocycles. The third-order valence-electron chi connectivity index (χ3n) is 5.51. The number of hydrogen-bond donors (Lipinski definition) is 1. The molecule has 0 heterocycles. The lowest BCUT2D eigenvalue weighted by Gasteiger charge is -2.27. The molecule has 3 aromatic rings. The van der Waals surface area contributed by atoms with Crippen LogP contribution in [0.2, 0.25) is 0 Å². The number of aliphatic hydroxyl groups is 1. The lowest BCUT2D eigenvalue weighted by atomic mass is 9.97. The summed E-state index contributed by atoms with van der Waals surface area (Å²) in [7, 11) is 0. The lowest BCUT2D eigenvalue weighted by molar-refractivity contribution is 0.110. The molecule has 0 aliphatic rings. The summed E-state index contributed by atoms with van der Waals surface area (Å²) in [6.07, 6.45) is 9.53. The van der Waals surface area contributed by atoms with Crippen LogP contribution in [0.1, 0.15) is 63.8 Å². The van der Waals surface area contributed by atoms with Gasteiger partial charge < -0.3 is 19.3 Å². The van der Waals surface area contributed by atoms with E-state index >= 15 is 0 Å². The maximum absolute atomic E-state index is 8.92. The van der Waals surface area contributed by atoms with Crippen LogP contribution >= 0.6 is 0 Å². The van der Waals surface area contributed by atoms with E-state index in [9.17, 15) is 0 Å². The van der Waals surface area contributed by atoms with Crippen LogP contribution in [-0.4, -0.2) is 22.9 Å². The molecule has 0 unspecified atom stereocenters. The molecule has 38 heavy (non-hydrogen) atoms. The minimum absolute atomic E-state index is 0.224. The van der Waals surface area contributed by atoms with Gasteiger partial charge >= 0.3 is 0 Å². The highest BCUT2D eigenvalue weighted by Gasteiger charge is 2.20. The van der Waals surface area contributed by atoms with Crippen molar-refractivity contribution in [2.45, 2.75) is 59.2 Å². The fourth-order valence-electron chi connectivity index (χ4n) is 3.96. The Labute approximate surface area is 227 Å². The zero-order valence-electron chi connectivity index (χ0n) is 23.4. The number of hydrogen-bond acceptors (Lipinski definition) is 4. The summed E-state index contributed by atoms with van der Waals surface area (Å²) >= 11 is 0. The summed E-state index contributed by atoms with van der Waals surface area (Å²) in [5.74, 6) is 2.46. The van der Waals surface area contributed by atoms with Crippen LogP contribution in [0.5, 0.6) is 11.5 Å². The van der Waals surface area contributed by atoms with Gasteiger partial charge in [-0.25, -0.2) is 0 Å². The smallest absolute Gasteiger partial charge is 0.120 e. The zero-order chi connectivity index (χ0) is 27.6. The fourth-order valence-corrected chi connectivity index (χ4v) is 3.96. The number of allylic oxidation sites excluding steroid dienone is 1. The van der Waals surface area contributed by atoms with E-state index in [-0.39, 0.29) is 11.2 Å². The molecule has 0 saturated carbocycles. The van der Waals surface area contributed by atoms with Gasteiger partial charge in [0, 0.05) is 6.42 Å². The van der Waals surface area contributed by atoms with Gasteiger partial charge in [0.25, 0.3) is 0 Å². The highest BCUT2D eigenvalue weighted by atomic mass is 16.5. The molecule has 3 rings (SSSR count). The van der Waals surface area contributed by atoms with Crippen LogP contribution in [0.25, 0.3) is 18.2 Å². The SMILES string of the molecule is CCOC(C=Cc1ccc(OC(C)(C)Cc2ccc(C=CO)cc2)cc1)=Cc1ccc(OC(C)(C)C)cc1. The molecule has 200 valence electrons. The largest absolute Gasteiger partial charge is 0.516 e. The van der Waals surface area contributed by atoms with E-state index in [1.54, 1.807) is 6.08 Å². The number of ether oxygens (including phenoxy) is 3. The maximum atomic E-state index is 8.92. The number of aliphatic hydroxyl groups excluding tert-OH is 1. The van der Waals surface area contributed by atoms with Gasteiger partial charge in [-0.2, -0.15) is 0 Å². The highest BCUT2D eigenvalue weighted by molar-refractivity contribution is 5.60. The van der Waals surface area contributed by atoms with Crippen molar-refractivity contribution in [2.75, 3.05) is 6.61 Å². The van der Waals surface area contributed by atoms with Gasteiger partial charge in [-0.3, -0.25) is 0 Å². The van der Waals surface area contributed by atoms with Crippen molar-refractivity contribution in [3.8, 4) is 11.5 Å². The second kappa shape index (κ2) is 13.0. The number of benzene rings is 3. The molecule has 0 spiro atoms. The van der Waals surface area contributed by atoms with E-state index < -0.39 is 0 Å². The standard InChI is InChI=1S/C34H40O4/c1-7-36-32(24-28-15-19-30(20-16-28)37-33(2,3)4)21-14-26-12-17-31(18-13-26)38-34(5,6)25-29-10-8-27(9-11-29)22-23-35/h8-24,35H,7,25H2,1-6H3. The first-order chi connectivity index (χ1) is 18.0. The van der Waals surface area contributed by atoms with Gasteiger partial charge in [-0.15, -0.1) is 0 Å². The molecule has 0 atom stereocenters. The third-order valence-corrected chi connectivity index (χ3v) is 5.51. The predicted molar refractivity (Wildman–Crippen MR) is 158 cm³/mol. The molecule has 0 amide bonds. The topological polar surface area (TPSA) is 47.9 Å².